The van der Waals surface area contributed by atoms with Crippen LogP contribution in [0.5, 0.6) is 0 Å². The SMILES string of the molecule is CCOCCN(C)C1=NCC(CBr)S1. The fourth-order valence-corrected chi connectivity index (χ4v) is 2.67. The van der Waals surface area contributed by atoms with Gasteiger partial charge in [-0.3, -0.25) is 4.99 Å². The van der Waals surface area contributed by atoms with Gasteiger partial charge < -0.3 is 9.64 Å². The van der Waals surface area contributed by atoms with Crippen molar-refractivity contribution in [3.8, 4) is 0 Å². The predicted molar refractivity (Wildman–Crippen MR) is 66.6 cm³/mol. The van der Waals surface area contributed by atoms with Gasteiger partial charge in [-0.1, -0.05) is 27.7 Å². The van der Waals surface area contributed by atoms with Crippen molar-refractivity contribution < 1.29 is 4.74 Å². The van der Waals surface area contributed by atoms with Crippen LogP contribution in [0, 0.1) is 0 Å². The van der Waals surface area contributed by atoms with E-state index in [1.807, 2.05) is 18.7 Å². The maximum Gasteiger partial charge on any atom is 0.159 e. The van der Waals surface area contributed by atoms with Crippen molar-refractivity contribution >= 4 is 32.9 Å². The number of rotatable bonds is 5. The lowest BCUT2D eigenvalue weighted by atomic mass is 10.5. The summed E-state index contributed by atoms with van der Waals surface area (Å²) in [5.74, 6) is 0. The maximum atomic E-state index is 5.30. The number of hydrogen-bond acceptors (Lipinski definition) is 4. The molecule has 1 rings (SSSR count). The summed E-state index contributed by atoms with van der Waals surface area (Å²) in [6, 6.07) is 0. The molecule has 0 aromatic carbocycles. The number of amidine groups is 1. The minimum atomic E-state index is 0.611. The molecular formula is C9H17BrN2OS. The molecule has 0 saturated heterocycles. The molecule has 3 nitrogen and oxygen atoms in total. The lowest BCUT2D eigenvalue weighted by Gasteiger charge is -2.18. The molecule has 0 aliphatic carbocycles. The molecule has 0 bridgehead atoms. The number of thioether (sulfide) groups is 1. The summed E-state index contributed by atoms with van der Waals surface area (Å²) in [5, 5.41) is 2.78. The molecule has 0 aromatic heterocycles. The van der Waals surface area contributed by atoms with E-state index in [9.17, 15) is 0 Å². The van der Waals surface area contributed by atoms with E-state index in [0.717, 1.165) is 36.8 Å². The molecule has 0 fully saturated rings. The average Bonchev–Trinajstić information content (AvgIpc) is 2.66. The summed E-state index contributed by atoms with van der Waals surface area (Å²) in [6.45, 7) is 5.45. The normalized spacial score (nSPS) is 21.1. The quantitative estimate of drug-likeness (QED) is 0.567. The molecule has 0 radical (unpaired) electrons. The third kappa shape index (κ3) is 3.79. The predicted octanol–water partition coefficient (Wildman–Crippen LogP) is 1.82. The van der Waals surface area contributed by atoms with Gasteiger partial charge in [0.05, 0.1) is 13.2 Å². The molecule has 5 heteroatoms. The van der Waals surface area contributed by atoms with Crippen molar-refractivity contribution in [2.24, 2.45) is 4.99 Å². The Balaban J connectivity index is 2.21. The van der Waals surface area contributed by atoms with E-state index in [-0.39, 0.29) is 0 Å². The number of halogens is 1. The second kappa shape index (κ2) is 6.69. The smallest absolute Gasteiger partial charge is 0.159 e. The van der Waals surface area contributed by atoms with Crippen LogP contribution in [0.3, 0.4) is 0 Å². The standard InChI is InChI=1S/C9H17BrN2OS/c1-3-13-5-4-12(2)9-11-7-8(6-10)14-9/h8H,3-7H2,1-2H3. The van der Waals surface area contributed by atoms with E-state index < -0.39 is 0 Å². The number of alkyl halides is 1. The highest BCUT2D eigenvalue weighted by molar-refractivity contribution is 9.09. The molecule has 0 saturated carbocycles. The summed E-state index contributed by atoms with van der Waals surface area (Å²) < 4.78 is 5.30. The van der Waals surface area contributed by atoms with Crippen LogP contribution in [0.25, 0.3) is 0 Å². The molecule has 1 aliphatic heterocycles. The van der Waals surface area contributed by atoms with Gasteiger partial charge in [0.2, 0.25) is 0 Å². The lowest BCUT2D eigenvalue weighted by Crippen LogP contribution is -2.27. The first-order chi connectivity index (χ1) is 6.77. The van der Waals surface area contributed by atoms with Crippen molar-refractivity contribution in [2.75, 3.05) is 38.7 Å². The zero-order chi connectivity index (χ0) is 10.4. The third-order valence-corrected chi connectivity index (χ3v) is 4.49. The first-order valence-corrected chi connectivity index (χ1v) is 6.84. The molecule has 1 atom stereocenters. The van der Waals surface area contributed by atoms with Crippen LogP contribution in [0.15, 0.2) is 4.99 Å². The first-order valence-electron chi connectivity index (χ1n) is 4.83. The van der Waals surface area contributed by atoms with E-state index in [1.165, 1.54) is 0 Å². The van der Waals surface area contributed by atoms with Crippen molar-refractivity contribution in [2.45, 2.75) is 12.2 Å². The van der Waals surface area contributed by atoms with Crippen LogP contribution in [0.1, 0.15) is 6.92 Å². The van der Waals surface area contributed by atoms with Crippen molar-refractivity contribution in [1.82, 2.24) is 4.90 Å². The Labute approximate surface area is 98.4 Å². The van der Waals surface area contributed by atoms with Crippen LogP contribution < -0.4 is 0 Å². The Morgan fingerprint density at radius 1 is 1.71 bits per heavy atom. The Kier molecular flexibility index (Phi) is 5.89. The molecule has 0 aromatic rings. The highest BCUT2D eigenvalue weighted by Gasteiger charge is 2.20. The minimum absolute atomic E-state index is 0.611. The second-order valence-corrected chi connectivity index (χ2v) is 5.05. The summed E-state index contributed by atoms with van der Waals surface area (Å²) >= 11 is 5.33. The zero-order valence-electron chi connectivity index (χ0n) is 8.70. The fourth-order valence-electron chi connectivity index (χ4n) is 1.14. The topological polar surface area (TPSA) is 24.8 Å². The van der Waals surface area contributed by atoms with E-state index in [0.29, 0.717) is 5.25 Å². The maximum absolute atomic E-state index is 5.30. The Bertz CT molecular complexity index is 201. The van der Waals surface area contributed by atoms with Crippen LogP contribution in [-0.4, -0.2) is 54.0 Å². The van der Waals surface area contributed by atoms with Crippen LogP contribution in [0.2, 0.25) is 0 Å². The molecule has 0 spiro atoms. The molecular weight excluding hydrogens is 264 g/mol. The molecule has 0 amide bonds. The van der Waals surface area contributed by atoms with Crippen LogP contribution in [-0.2, 0) is 4.74 Å². The minimum Gasteiger partial charge on any atom is -0.380 e. The molecule has 82 valence electrons. The summed E-state index contributed by atoms with van der Waals surface area (Å²) in [6.07, 6.45) is 0. The number of aliphatic imine (C=N–C) groups is 1. The van der Waals surface area contributed by atoms with Gasteiger partial charge >= 0.3 is 0 Å². The Morgan fingerprint density at radius 3 is 3.07 bits per heavy atom. The number of ether oxygens (including phenoxy) is 1. The lowest BCUT2D eigenvalue weighted by molar-refractivity contribution is 0.137. The molecule has 14 heavy (non-hydrogen) atoms. The number of nitrogens with zero attached hydrogens (tertiary/aromatic N) is 2. The first kappa shape index (κ1) is 12.3. The third-order valence-electron chi connectivity index (χ3n) is 1.98. The van der Waals surface area contributed by atoms with Gasteiger partial charge in [0, 0.05) is 30.8 Å². The van der Waals surface area contributed by atoms with Gasteiger partial charge in [-0.2, -0.15) is 0 Å². The number of hydrogen-bond donors (Lipinski definition) is 0. The highest BCUT2D eigenvalue weighted by atomic mass is 79.9. The van der Waals surface area contributed by atoms with E-state index in [2.05, 4.69) is 32.9 Å². The van der Waals surface area contributed by atoms with E-state index >= 15 is 0 Å². The second-order valence-electron chi connectivity index (χ2n) is 3.14. The number of likely N-dealkylation sites (N-methyl/N-ethyl adjacent to an activating group) is 1. The van der Waals surface area contributed by atoms with Gasteiger partial charge in [0.25, 0.3) is 0 Å². The van der Waals surface area contributed by atoms with Crippen molar-refractivity contribution in [1.29, 1.82) is 0 Å². The highest BCUT2D eigenvalue weighted by Crippen LogP contribution is 2.23. The van der Waals surface area contributed by atoms with Gasteiger partial charge in [-0.25, -0.2) is 0 Å². The van der Waals surface area contributed by atoms with E-state index in [4.69, 9.17) is 4.74 Å². The van der Waals surface area contributed by atoms with E-state index in [1.54, 1.807) is 0 Å². The molecule has 1 heterocycles. The zero-order valence-corrected chi connectivity index (χ0v) is 11.1. The average molecular weight is 281 g/mol. The summed E-state index contributed by atoms with van der Waals surface area (Å²) in [5.41, 5.74) is 0. The molecule has 1 aliphatic rings. The van der Waals surface area contributed by atoms with Crippen LogP contribution >= 0.6 is 27.7 Å². The van der Waals surface area contributed by atoms with Crippen molar-refractivity contribution in [3.05, 3.63) is 0 Å². The molecule has 0 N–H and O–H groups in total. The van der Waals surface area contributed by atoms with Gasteiger partial charge in [-0.05, 0) is 6.92 Å². The van der Waals surface area contributed by atoms with Gasteiger partial charge in [0.1, 0.15) is 0 Å². The van der Waals surface area contributed by atoms with Gasteiger partial charge in [-0.15, -0.1) is 0 Å². The van der Waals surface area contributed by atoms with Crippen LogP contribution in [0.4, 0.5) is 0 Å². The molecule has 1 unspecified atom stereocenters. The summed E-state index contributed by atoms with van der Waals surface area (Å²) in [4.78, 5) is 6.66. The largest absolute Gasteiger partial charge is 0.380 e. The summed E-state index contributed by atoms with van der Waals surface area (Å²) in [7, 11) is 2.07. The van der Waals surface area contributed by atoms with Gasteiger partial charge in [0.15, 0.2) is 5.17 Å². The van der Waals surface area contributed by atoms with Crippen molar-refractivity contribution in [3.63, 3.8) is 0 Å². The monoisotopic (exact) mass is 280 g/mol. The fraction of sp³-hybridized carbons (Fsp3) is 0.889. The Hall–Kier alpha value is 0.260. The Morgan fingerprint density at radius 2 is 2.50 bits per heavy atom.